The number of nitrogens with zero attached hydrogens (tertiary/aromatic N) is 3. The average Bonchev–Trinajstić information content (AvgIpc) is 3.00. The number of ether oxygens (including phenoxy) is 1. The van der Waals surface area contributed by atoms with Crippen molar-refractivity contribution in [1.29, 1.82) is 0 Å². The zero-order valence-electron chi connectivity index (χ0n) is 16.4. The highest BCUT2D eigenvalue weighted by molar-refractivity contribution is 7.98. The standard InChI is InChI=1S/C21H21N3O4S/c1-14-20(24(26)27)15(2)23(22-14)12-16-4-8-18(9-5-16)21(25)28-13-17-6-10-19(29-3)11-7-17/h4-11H,12-13H2,1-3H3. The van der Waals surface area contributed by atoms with Crippen LogP contribution in [0, 0.1) is 24.0 Å². The van der Waals surface area contributed by atoms with E-state index in [0.717, 1.165) is 16.0 Å². The van der Waals surface area contributed by atoms with Gasteiger partial charge in [-0.2, -0.15) is 5.10 Å². The molecule has 0 aliphatic rings. The van der Waals surface area contributed by atoms with Crippen LogP contribution in [0.25, 0.3) is 0 Å². The summed E-state index contributed by atoms with van der Waals surface area (Å²) in [6.45, 7) is 3.90. The van der Waals surface area contributed by atoms with Gasteiger partial charge in [0.15, 0.2) is 0 Å². The second-order valence-corrected chi connectivity index (χ2v) is 7.43. The number of carbonyl (C=O) groups excluding carboxylic acids is 1. The lowest BCUT2D eigenvalue weighted by molar-refractivity contribution is -0.386. The van der Waals surface area contributed by atoms with Crippen molar-refractivity contribution in [1.82, 2.24) is 9.78 Å². The molecule has 7 nitrogen and oxygen atoms in total. The molecule has 3 aromatic rings. The van der Waals surface area contributed by atoms with Crippen molar-refractivity contribution in [3.8, 4) is 0 Å². The van der Waals surface area contributed by atoms with Crippen molar-refractivity contribution in [2.75, 3.05) is 6.26 Å². The first-order valence-corrected chi connectivity index (χ1v) is 10.2. The highest BCUT2D eigenvalue weighted by Gasteiger charge is 2.21. The molecular formula is C21H21N3O4S. The Bertz CT molecular complexity index is 1030. The van der Waals surface area contributed by atoms with Crippen molar-refractivity contribution < 1.29 is 14.5 Å². The molecule has 0 saturated carbocycles. The summed E-state index contributed by atoms with van der Waals surface area (Å²) in [5.41, 5.74) is 3.19. The summed E-state index contributed by atoms with van der Waals surface area (Å²) in [4.78, 5) is 24.1. The molecule has 0 unspecified atom stereocenters. The van der Waals surface area contributed by atoms with Gasteiger partial charge in [0.1, 0.15) is 18.0 Å². The van der Waals surface area contributed by atoms with Crippen LogP contribution in [0.15, 0.2) is 53.4 Å². The third kappa shape index (κ3) is 4.83. The van der Waals surface area contributed by atoms with Gasteiger partial charge in [-0.1, -0.05) is 24.3 Å². The van der Waals surface area contributed by atoms with Gasteiger partial charge in [-0.25, -0.2) is 4.79 Å². The SMILES string of the molecule is CSc1ccc(COC(=O)c2ccc(Cn3nc(C)c([N+](=O)[O-])c3C)cc2)cc1. The predicted octanol–water partition coefficient (Wildman–Crippen LogP) is 4.54. The Morgan fingerprint density at radius 1 is 1.10 bits per heavy atom. The maximum Gasteiger partial charge on any atom is 0.338 e. The molecule has 2 aromatic carbocycles. The van der Waals surface area contributed by atoms with Crippen LogP contribution < -0.4 is 0 Å². The molecule has 3 rings (SSSR count). The van der Waals surface area contributed by atoms with E-state index >= 15 is 0 Å². The largest absolute Gasteiger partial charge is 0.457 e. The van der Waals surface area contributed by atoms with Gasteiger partial charge in [-0.15, -0.1) is 11.8 Å². The van der Waals surface area contributed by atoms with Crippen LogP contribution in [0.5, 0.6) is 0 Å². The normalized spacial score (nSPS) is 10.7. The summed E-state index contributed by atoms with van der Waals surface area (Å²) in [7, 11) is 0. The highest BCUT2D eigenvalue weighted by atomic mass is 32.2. The van der Waals surface area contributed by atoms with Crippen LogP contribution in [-0.2, 0) is 17.9 Å². The lowest BCUT2D eigenvalue weighted by atomic mass is 10.1. The molecule has 0 amide bonds. The van der Waals surface area contributed by atoms with E-state index in [1.807, 2.05) is 30.5 Å². The third-order valence-corrected chi connectivity index (χ3v) is 5.32. The van der Waals surface area contributed by atoms with Crippen LogP contribution in [0.1, 0.15) is 32.9 Å². The molecule has 0 radical (unpaired) electrons. The van der Waals surface area contributed by atoms with Gasteiger partial charge in [0.25, 0.3) is 0 Å². The summed E-state index contributed by atoms with van der Waals surface area (Å²) in [6.07, 6.45) is 2.01. The van der Waals surface area contributed by atoms with E-state index in [1.165, 1.54) is 0 Å². The van der Waals surface area contributed by atoms with Crippen LogP contribution in [-0.4, -0.2) is 26.9 Å². The predicted molar refractivity (Wildman–Crippen MR) is 111 cm³/mol. The van der Waals surface area contributed by atoms with Gasteiger partial charge in [0.2, 0.25) is 0 Å². The zero-order valence-corrected chi connectivity index (χ0v) is 17.2. The number of rotatable bonds is 7. The van der Waals surface area contributed by atoms with Gasteiger partial charge in [-0.05, 0) is 55.5 Å². The average molecular weight is 411 g/mol. The number of benzene rings is 2. The molecule has 0 atom stereocenters. The summed E-state index contributed by atoms with van der Waals surface area (Å²) in [5, 5.41) is 15.4. The van der Waals surface area contributed by atoms with E-state index in [9.17, 15) is 14.9 Å². The molecule has 0 bridgehead atoms. The summed E-state index contributed by atoms with van der Waals surface area (Å²) < 4.78 is 6.97. The molecule has 0 spiro atoms. The molecule has 0 fully saturated rings. The quantitative estimate of drug-likeness (QED) is 0.246. The lowest BCUT2D eigenvalue weighted by Gasteiger charge is -2.07. The number of nitro groups is 1. The number of esters is 1. The van der Waals surface area contributed by atoms with Gasteiger partial charge in [0, 0.05) is 4.90 Å². The maximum atomic E-state index is 12.3. The fraction of sp³-hybridized carbons (Fsp3) is 0.238. The lowest BCUT2D eigenvalue weighted by Crippen LogP contribution is -2.07. The van der Waals surface area contributed by atoms with Gasteiger partial charge in [0.05, 0.1) is 17.0 Å². The molecule has 8 heteroatoms. The fourth-order valence-electron chi connectivity index (χ4n) is 2.98. The summed E-state index contributed by atoms with van der Waals surface area (Å²) >= 11 is 1.66. The molecule has 29 heavy (non-hydrogen) atoms. The number of hydrogen-bond donors (Lipinski definition) is 0. The zero-order chi connectivity index (χ0) is 21.0. The highest BCUT2D eigenvalue weighted by Crippen LogP contribution is 2.22. The third-order valence-electron chi connectivity index (χ3n) is 4.58. The van der Waals surface area contributed by atoms with Crippen molar-refractivity contribution in [3.05, 3.63) is 86.7 Å². The second kappa shape index (κ2) is 8.91. The Labute approximate surface area is 172 Å². The smallest absolute Gasteiger partial charge is 0.338 e. The fourth-order valence-corrected chi connectivity index (χ4v) is 3.39. The minimum Gasteiger partial charge on any atom is -0.457 e. The van der Waals surface area contributed by atoms with E-state index in [2.05, 4.69) is 5.10 Å². The molecule has 1 heterocycles. The minimum absolute atomic E-state index is 0.0377. The van der Waals surface area contributed by atoms with E-state index in [-0.39, 0.29) is 12.3 Å². The Kier molecular flexibility index (Phi) is 6.33. The van der Waals surface area contributed by atoms with Crippen LogP contribution in [0.2, 0.25) is 0 Å². The van der Waals surface area contributed by atoms with Gasteiger partial charge < -0.3 is 4.74 Å². The Morgan fingerprint density at radius 2 is 1.72 bits per heavy atom. The first-order chi connectivity index (χ1) is 13.9. The number of hydrogen-bond acceptors (Lipinski definition) is 6. The van der Waals surface area contributed by atoms with Crippen LogP contribution >= 0.6 is 11.8 Å². The van der Waals surface area contributed by atoms with Crippen molar-refractivity contribution >= 4 is 23.4 Å². The molecule has 1 aromatic heterocycles. The van der Waals surface area contributed by atoms with Crippen LogP contribution in [0.4, 0.5) is 5.69 Å². The molecular weight excluding hydrogens is 390 g/mol. The molecule has 0 N–H and O–H groups in total. The van der Waals surface area contributed by atoms with E-state index < -0.39 is 10.9 Å². The monoisotopic (exact) mass is 411 g/mol. The Morgan fingerprint density at radius 3 is 2.28 bits per heavy atom. The molecule has 150 valence electrons. The Balaban J connectivity index is 1.63. The second-order valence-electron chi connectivity index (χ2n) is 6.56. The van der Waals surface area contributed by atoms with E-state index in [0.29, 0.717) is 23.5 Å². The number of thioether (sulfide) groups is 1. The maximum absolute atomic E-state index is 12.3. The van der Waals surface area contributed by atoms with Crippen molar-refractivity contribution in [2.45, 2.75) is 31.9 Å². The van der Waals surface area contributed by atoms with Crippen molar-refractivity contribution in [3.63, 3.8) is 0 Å². The molecule has 0 aliphatic carbocycles. The molecule has 0 aliphatic heterocycles. The summed E-state index contributed by atoms with van der Waals surface area (Å²) in [6, 6.07) is 14.8. The first kappa shape index (κ1) is 20.6. The van der Waals surface area contributed by atoms with Crippen molar-refractivity contribution in [2.24, 2.45) is 0 Å². The minimum atomic E-state index is -0.415. The first-order valence-electron chi connectivity index (χ1n) is 8.96. The topological polar surface area (TPSA) is 87.3 Å². The van der Waals surface area contributed by atoms with Gasteiger partial charge in [-0.3, -0.25) is 14.8 Å². The molecule has 0 saturated heterocycles. The van der Waals surface area contributed by atoms with E-state index in [4.69, 9.17) is 4.74 Å². The number of aryl methyl sites for hydroxylation is 1. The Hall–Kier alpha value is -3.13. The number of carbonyl (C=O) groups is 1. The summed E-state index contributed by atoms with van der Waals surface area (Å²) in [5.74, 6) is -0.396. The van der Waals surface area contributed by atoms with E-state index in [1.54, 1.807) is 54.6 Å². The van der Waals surface area contributed by atoms with Gasteiger partial charge >= 0.3 is 11.7 Å². The van der Waals surface area contributed by atoms with Crippen LogP contribution in [0.3, 0.4) is 0 Å². The number of aromatic nitrogens is 2.